The smallest absolute Gasteiger partial charge is 0.308 e. The van der Waals surface area contributed by atoms with Crippen LogP contribution in [0.3, 0.4) is 0 Å². The van der Waals surface area contributed by atoms with Gasteiger partial charge in [-0.25, -0.2) is 4.98 Å². The van der Waals surface area contributed by atoms with Crippen LogP contribution in [-0.4, -0.2) is 27.6 Å². The third kappa shape index (κ3) is 3.07. The summed E-state index contributed by atoms with van der Waals surface area (Å²) in [6.45, 7) is 4.26. The van der Waals surface area contributed by atoms with Crippen molar-refractivity contribution in [2.24, 2.45) is 0 Å². The van der Waals surface area contributed by atoms with Crippen LogP contribution < -0.4 is 4.74 Å². The van der Waals surface area contributed by atoms with Crippen LogP contribution in [0, 0.1) is 0 Å². The van der Waals surface area contributed by atoms with Crippen LogP contribution in [0.5, 0.6) is 5.75 Å². The number of aromatic nitrogens is 2. The van der Waals surface area contributed by atoms with Gasteiger partial charge in [-0.3, -0.25) is 9.20 Å². The minimum atomic E-state index is -0.827. The number of carbonyl (C=O) groups is 1. The van der Waals surface area contributed by atoms with E-state index in [9.17, 15) is 4.79 Å². The Kier molecular flexibility index (Phi) is 4.09. The summed E-state index contributed by atoms with van der Waals surface area (Å²) in [5.41, 5.74) is 3.06. The second kappa shape index (κ2) is 6.04. The van der Waals surface area contributed by atoms with Crippen molar-refractivity contribution in [1.82, 2.24) is 9.38 Å². The molecule has 0 amide bonds. The van der Waals surface area contributed by atoms with E-state index in [1.165, 1.54) is 11.3 Å². The van der Waals surface area contributed by atoms with Crippen molar-refractivity contribution >= 4 is 22.3 Å². The van der Waals surface area contributed by atoms with Gasteiger partial charge in [-0.2, -0.15) is 0 Å². The molecule has 0 bridgehead atoms. The first kappa shape index (κ1) is 15.6. The Labute approximate surface area is 138 Å². The summed E-state index contributed by atoms with van der Waals surface area (Å²) in [5, 5.41) is 8.86. The second-order valence-corrected chi connectivity index (χ2v) is 6.79. The molecule has 5 nitrogen and oxygen atoms in total. The molecule has 0 unspecified atom stereocenters. The van der Waals surface area contributed by atoms with Gasteiger partial charge in [-0.15, -0.1) is 11.3 Å². The molecule has 0 saturated carbocycles. The zero-order chi connectivity index (χ0) is 16.6. The van der Waals surface area contributed by atoms with E-state index >= 15 is 0 Å². The highest BCUT2D eigenvalue weighted by Crippen LogP contribution is 2.32. The van der Waals surface area contributed by atoms with E-state index in [4.69, 9.17) is 9.84 Å². The number of hydrogen-bond acceptors (Lipinski definition) is 4. The fourth-order valence-electron chi connectivity index (χ4n) is 2.56. The predicted octanol–water partition coefficient (Wildman–Crippen LogP) is 3.82. The van der Waals surface area contributed by atoms with E-state index in [1.54, 1.807) is 7.11 Å². The maximum absolute atomic E-state index is 10.8. The van der Waals surface area contributed by atoms with Crippen molar-refractivity contribution in [3.8, 4) is 17.0 Å². The fourth-order valence-corrected chi connectivity index (χ4v) is 3.51. The van der Waals surface area contributed by atoms with Crippen molar-refractivity contribution in [3.05, 3.63) is 41.0 Å². The van der Waals surface area contributed by atoms with Gasteiger partial charge in [0.2, 0.25) is 0 Å². The Morgan fingerprint density at radius 3 is 2.78 bits per heavy atom. The van der Waals surface area contributed by atoms with E-state index < -0.39 is 5.97 Å². The minimum absolute atomic E-state index is 0.0311. The average Bonchev–Trinajstić information content (AvgIpc) is 3.03. The Morgan fingerprint density at radius 2 is 2.17 bits per heavy atom. The van der Waals surface area contributed by atoms with Crippen LogP contribution in [0.2, 0.25) is 0 Å². The van der Waals surface area contributed by atoms with E-state index in [2.05, 4.69) is 24.9 Å². The second-order valence-electron chi connectivity index (χ2n) is 5.70. The average molecular weight is 330 g/mol. The van der Waals surface area contributed by atoms with Crippen LogP contribution in [0.15, 0.2) is 30.6 Å². The van der Waals surface area contributed by atoms with Crippen LogP contribution >= 0.6 is 11.3 Å². The van der Waals surface area contributed by atoms with Crippen molar-refractivity contribution in [3.63, 3.8) is 0 Å². The van der Waals surface area contributed by atoms with Gasteiger partial charge in [0.25, 0.3) is 0 Å². The molecule has 6 heteroatoms. The maximum Gasteiger partial charge on any atom is 0.308 e. The standard InChI is InChI=1S/C17H18N2O3S/c1-10(2)13-6-11(4-5-15(13)22-3)14-9-19-8-12(7-16(20)21)23-17(19)18-14/h4-6,8-10H,7H2,1-3H3,(H,20,21). The third-order valence-corrected chi connectivity index (χ3v) is 4.67. The molecule has 1 aromatic carbocycles. The summed E-state index contributed by atoms with van der Waals surface area (Å²) < 4.78 is 7.30. The molecule has 0 fully saturated rings. The molecular weight excluding hydrogens is 312 g/mol. The number of rotatable bonds is 5. The highest BCUT2D eigenvalue weighted by Gasteiger charge is 2.13. The molecule has 3 rings (SSSR count). The van der Waals surface area contributed by atoms with E-state index in [-0.39, 0.29) is 6.42 Å². The third-order valence-electron chi connectivity index (χ3n) is 3.68. The Balaban J connectivity index is 1.98. The largest absolute Gasteiger partial charge is 0.496 e. The minimum Gasteiger partial charge on any atom is -0.496 e. The van der Waals surface area contributed by atoms with Gasteiger partial charge in [0.1, 0.15) is 5.75 Å². The first-order chi connectivity index (χ1) is 11.0. The monoisotopic (exact) mass is 330 g/mol. The molecule has 1 N–H and O–H groups in total. The van der Waals surface area contributed by atoms with E-state index in [1.807, 2.05) is 28.9 Å². The molecule has 2 heterocycles. The summed E-state index contributed by atoms with van der Waals surface area (Å²) in [6.07, 6.45) is 3.80. The number of hydrogen-bond donors (Lipinski definition) is 1. The van der Waals surface area contributed by atoms with Gasteiger partial charge in [0.05, 0.1) is 19.2 Å². The van der Waals surface area contributed by atoms with Crippen LogP contribution in [-0.2, 0) is 11.2 Å². The normalized spacial score (nSPS) is 11.3. The number of aliphatic carboxylic acids is 1. The SMILES string of the molecule is COc1ccc(-c2cn3cc(CC(=O)O)sc3n2)cc1C(C)C. The van der Waals surface area contributed by atoms with Crippen molar-refractivity contribution in [2.45, 2.75) is 26.2 Å². The number of nitrogens with zero attached hydrogens (tertiary/aromatic N) is 2. The van der Waals surface area contributed by atoms with Gasteiger partial charge in [-0.05, 0) is 29.7 Å². The lowest BCUT2D eigenvalue weighted by molar-refractivity contribution is -0.136. The quantitative estimate of drug-likeness (QED) is 0.772. The van der Waals surface area contributed by atoms with E-state index in [0.29, 0.717) is 5.92 Å². The molecule has 23 heavy (non-hydrogen) atoms. The van der Waals surface area contributed by atoms with Gasteiger partial charge >= 0.3 is 5.97 Å². The lowest BCUT2D eigenvalue weighted by Crippen LogP contribution is -1.97. The highest BCUT2D eigenvalue weighted by molar-refractivity contribution is 7.17. The number of thiazole rings is 1. The molecule has 0 atom stereocenters. The first-order valence-corrected chi connectivity index (χ1v) is 8.17. The zero-order valence-corrected chi connectivity index (χ0v) is 14.1. The molecule has 0 aliphatic carbocycles. The van der Waals surface area contributed by atoms with Crippen LogP contribution in [0.4, 0.5) is 0 Å². The van der Waals surface area contributed by atoms with Gasteiger partial charge in [0, 0.05) is 22.8 Å². The van der Waals surface area contributed by atoms with Crippen LogP contribution in [0.25, 0.3) is 16.2 Å². The highest BCUT2D eigenvalue weighted by atomic mass is 32.1. The molecule has 3 aromatic rings. The molecular formula is C17H18N2O3S. The number of ether oxygens (including phenoxy) is 1. The van der Waals surface area contributed by atoms with Crippen molar-refractivity contribution < 1.29 is 14.6 Å². The van der Waals surface area contributed by atoms with Gasteiger partial charge in [-0.1, -0.05) is 13.8 Å². The molecule has 120 valence electrons. The number of fused-ring (bicyclic) bond motifs is 1. The number of imidazole rings is 1. The number of benzene rings is 1. The summed E-state index contributed by atoms with van der Waals surface area (Å²) in [6, 6.07) is 6.07. The topological polar surface area (TPSA) is 63.8 Å². The Bertz CT molecular complexity index is 832. The molecule has 0 radical (unpaired) electrons. The maximum atomic E-state index is 10.8. The number of carboxylic acid groups (broad SMARTS) is 1. The number of carboxylic acids is 1. The van der Waals surface area contributed by atoms with E-state index in [0.717, 1.165) is 32.4 Å². The molecule has 0 spiro atoms. The van der Waals surface area contributed by atoms with Crippen molar-refractivity contribution in [1.29, 1.82) is 0 Å². The van der Waals surface area contributed by atoms with Gasteiger partial charge < -0.3 is 9.84 Å². The number of methoxy groups -OCH3 is 1. The van der Waals surface area contributed by atoms with Gasteiger partial charge in [0.15, 0.2) is 4.96 Å². The summed E-state index contributed by atoms with van der Waals surface area (Å²) in [4.78, 5) is 17.0. The Morgan fingerprint density at radius 1 is 1.39 bits per heavy atom. The summed E-state index contributed by atoms with van der Waals surface area (Å²) >= 11 is 1.41. The lowest BCUT2D eigenvalue weighted by Gasteiger charge is -2.12. The zero-order valence-electron chi connectivity index (χ0n) is 13.2. The van der Waals surface area contributed by atoms with Crippen LogP contribution in [0.1, 0.15) is 30.2 Å². The predicted molar refractivity (Wildman–Crippen MR) is 90.5 cm³/mol. The van der Waals surface area contributed by atoms with Crippen molar-refractivity contribution in [2.75, 3.05) is 7.11 Å². The molecule has 0 aliphatic rings. The Hall–Kier alpha value is -2.34. The lowest BCUT2D eigenvalue weighted by atomic mass is 9.98. The summed E-state index contributed by atoms with van der Waals surface area (Å²) in [7, 11) is 1.68. The first-order valence-electron chi connectivity index (χ1n) is 7.35. The fraction of sp³-hybridized carbons (Fsp3) is 0.294. The molecule has 2 aromatic heterocycles. The molecule has 0 saturated heterocycles. The summed E-state index contributed by atoms with van der Waals surface area (Å²) in [5.74, 6) is 0.413. The molecule has 0 aliphatic heterocycles.